The van der Waals surface area contributed by atoms with Crippen molar-refractivity contribution in [2.24, 2.45) is 0 Å². The van der Waals surface area contributed by atoms with Gasteiger partial charge in [0.2, 0.25) is 0 Å². The minimum Gasteiger partial charge on any atom is -0.850 e. The number of hydrogen-bond donors (Lipinski definition) is 3. The van der Waals surface area contributed by atoms with Crippen molar-refractivity contribution in [3.63, 3.8) is 0 Å². The zero-order valence-corrected chi connectivity index (χ0v) is 34.9. The molecule has 0 saturated carbocycles. The van der Waals surface area contributed by atoms with E-state index in [-0.39, 0.29) is 114 Å². The molecule has 0 aliphatic heterocycles. The molecule has 0 unspecified atom stereocenters. The summed E-state index contributed by atoms with van der Waals surface area (Å²) in [6.07, 6.45) is 4.34. The van der Waals surface area contributed by atoms with Crippen LogP contribution < -0.4 is 34.7 Å². The normalized spacial score (nSPS) is 15.1. The zero-order valence-electron chi connectivity index (χ0n) is 32.9. The van der Waals surface area contributed by atoms with Crippen LogP contribution >= 0.6 is 0 Å². The van der Waals surface area contributed by atoms with E-state index in [0.717, 1.165) is 21.3 Å². The van der Waals surface area contributed by atoms with Crippen molar-refractivity contribution < 1.29 is 127 Å². The number of aliphatic hydroxyl groups is 2. The summed E-state index contributed by atoms with van der Waals surface area (Å²) >= 11 is 0. The molecular formula is C37H41NaO20. The Kier molecular flexibility index (Phi) is 27.0. The van der Waals surface area contributed by atoms with Gasteiger partial charge in [0.1, 0.15) is 28.9 Å². The van der Waals surface area contributed by atoms with Gasteiger partial charge in [-0.05, 0) is 6.92 Å². The number of carboxylic acid groups (broad SMARTS) is 1. The number of ketones is 9. The first-order valence-corrected chi connectivity index (χ1v) is 16.0. The summed E-state index contributed by atoms with van der Waals surface area (Å²) in [6.45, 7) is 6.23. The Hall–Kier alpha value is -5.83. The quantitative estimate of drug-likeness (QED) is 0.0334. The van der Waals surface area contributed by atoms with Gasteiger partial charge in [0.05, 0.1) is 57.3 Å². The second kappa shape index (κ2) is 27.7. The number of esters is 3. The fourth-order valence-corrected chi connectivity index (χ4v) is 3.66. The molecule has 0 fully saturated rings. The van der Waals surface area contributed by atoms with Crippen molar-refractivity contribution in [3.05, 3.63) is 58.6 Å². The summed E-state index contributed by atoms with van der Waals surface area (Å²) in [4.78, 5) is 140. The Labute approximate surface area is 352 Å². The van der Waals surface area contributed by atoms with E-state index in [0.29, 0.717) is 12.2 Å². The topological polar surface area (TPSA) is 333 Å². The average molecular weight is 829 g/mol. The monoisotopic (exact) mass is 828 g/mol. The average Bonchev–Trinajstić information content (AvgIpc) is 3.10. The van der Waals surface area contributed by atoms with Crippen molar-refractivity contribution in [1.82, 2.24) is 0 Å². The van der Waals surface area contributed by atoms with Gasteiger partial charge in [0.15, 0.2) is 23.1 Å². The fourth-order valence-electron chi connectivity index (χ4n) is 3.66. The minimum absolute atomic E-state index is 0. The number of rotatable bonds is 7. The van der Waals surface area contributed by atoms with Gasteiger partial charge in [0, 0.05) is 31.4 Å². The number of methoxy groups -OCH3 is 3. The van der Waals surface area contributed by atoms with Crippen LogP contribution in [0.15, 0.2) is 58.6 Å². The van der Waals surface area contributed by atoms with Crippen LogP contribution in [0.5, 0.6) is 0 Å². The second-order valence-electron chi connectivity index (χ2n) is 12.1. The Morgan fingerprint density at radius 1 is 0.569 bits per heavy atom. The van der Waals surface area contributed by atoms with Gasteiger partial charge in [-0.2, -0.15) is 0 Å². The molecule has 0 atom stereocenters. The van der Waals surface area contributed by atoms with E-state index < -0.39 is 64.1 Å². The number of carbonyl (C=O) groups is 13. The molecule has 3 N–H and O–H groups in total. The molecule has 3 rings (SSSR count). The Morgan fingerprint density at radius 3 is 1.09 bits per heavy atom. The summed E-state index contributed by atoms with van der Waals surface area (Å²) < 4.78 is 12.1. The molecule has 0 radical (unpaired) electrons. The summed E-state index contributed by atoms with van der Waals surface area (Å²) in [7, 11) is 3.24. The van der Waals surface area contributed by atoms with Crippen LogP contribution in [0.3, 0.4) is 0 Å². The number of hydrogen-bond acceptors (Lipinski definition) is 19. The van der Waals surface area contributed by atoms with E-state index in [4.69, 9.17) is 5.11 Å². The van der Waals surface area contributed by atoms with E-state index in [1.165, 1.54) is 25.2 Å². The molecule has 0 aromatic rings. The SMILES string of the molecule is CC(=O)C1=CCC(=O)CC1=O.CC(C)(C)[O-].COC(=O)C(=O)C=C(O)C1=CCC(=O)CC1=O.COC(=O)C(=O)OC.O=C1CC=C(C(O)=CC(=O)C(=O)O)C(=O)C1.[Na+]. The van der Waals surface area contributed by atoms with Crippen LogP contribution in [-0.2, 0) is 76.5 Å². The number of aliphatic hydroxyl groups excluding tert-OH is 2. The van der Waals surface area contributed by atoms with Crippen LogP contribution in [0.4, 0.5) is 0 Å². The first-order valence-electron chi connectivity index (χ1n) is 16.0. The third kappa shape index (κ3) is 23.9. The van der Waals surface area contributed by atoms with E-state index in [2.05, 4.69) is 14.2 Å². The Balaban J connectivity index is -0.000000685. The molecule has 310 valence electrons. The van der Waals surface area contributed by atoms with Crippen molar-refractivity contribution >= 4 is 75.9 Å². The van der Waals surface area contributed by atoms with Crippen molar-refractivity contribution in [1.29, 1.82) is 0 Å². The van der Waals surface area contributed by atoms with E-state index >= 15 is 0 Å². The second-order valence-corrected chi connectivity index (χ2v) is 12.1. The van der Waals surface area contributed by atoms with Gasteiger partial charge in [0.25, 0.3) is 11.6 Å². The summed E-state index contributed by atoms with van der Waals surface area (Å²) in [5, 5.41) is 37.2. The van der Waals surface area contributed by atoms with Crippen LogP contribution in [0.25, 0.3) is 0 Å². The maximum atomic E-state index is 11.3. The molecule has 0 aromatic heterocycles. The Bertz CT molecular complexity index is 1830. The summed E-state index contributed by atoms with van der Waals surface area (Å²) in [6, 6.07) is 0. The third-order valence-electron chi connectivity index (χ3n) is 6.18. The van der Waals surface area contributed by atoms with E-state index in [9.17, 15) is 77.6 Å². The molecule has 21 heteroatoms. The third-order valence-corrected chi connectivity index (χ3v) is 6.18. The van der Waals surface area contributed by atoms with Gasteiger partial charge in [-0.1, -0.05) is 39.0 Å². The van der Waals surface area contributed by atoms with E-state index in [1.54, 1.807) is 20.8 Å². The van der Waals surface area contributed by atoms with Gasteiger partial charge in [-0.15, -0.1) is 5.60 Å². The van der Waals surface area contributed by atoms with Crippen LogP contribution in [0.2, 0.25) is 0 Å². The predicted octanol–water partition coefficient (Wildman–Crippen LogP) is -3.12. The van der Waals surface area contributed by atoms with Crippen LogP contribution in [0.1, 0.15) is 66.2 Å². The van der Waals surface area contributed by atoms with E-state index in [1.807, 2.05) is 0 Å². The smallest absolute Gasteiger partial charge is 0.850 e. The molecule has 0 aromatic carbocycles. The number of carboxylic acids is 1. The van der Waals surface area contributed by atoms with Crippen molar-refractivity contribution in [2.45, 2.75) is 71.8 Å². The van der Waals surface area contributed by atoms with Crippen molar-refractivity contribution in [2.75, 3.05) is 21.3 Å². The van der Waals surface area contributed by atoms with Crippen molar-refractivity contribution in [3.8, 4) is 0 Å². The minimum atomic E-state index is -1.73. The summed E-state index contributed by atoms with van der Waals surface area (Å²) in [5.41, 5.74) is -0.874. The fraction of sp³-hybridized carbons (Fsp3) is 0.378. The molecular weight excluding hydrogens is 787 g/mol. The number of ether oxygens (including phenoxy) is 3. The molecule has 0 bridgehead atoms. The van der Waals surface area contributed by atoms with Gasteiger partial charge in [-0.3, -0.25) is 43.2 Å². The molecule has 3 aliphatic rings. The number of Topliss-reactive ketones (excluding diaryl/α,β-unsaturated/α-hetero) is 7. The largest absolute Gasteiger partial charge is 1.00 e. The maximum Gasteiger partial charge on any atom is 1.00 e. The number of allylic oxidation sites excluding steroid dienone is 6. The molecule has 0 saturated heterocycles. The van der Waals surface area contributed by atoms with Gasteiger partial charge < -0.3 is 34.6 Å². The molecule has 20 nitrogen and oxygen atoms in total. The summed E-state index contributed by atoms with van der Waals surface area (Å²) in [5.74, 6) is -11.0. The number of carbonyl (C=O) groups excluding carboxylic acids is 12. The van der Waals surface area contributed by atoms with Gasteiger partial charge >= 0.3 is 53.4 Å². The molecule has 0 heterocycles. The molecule has 0 spiro atoms. The first-order chi connectivity index (χ1) is 26.2. The molecule has 0 amide bonds. The van der Waals surface area contributed by atoms with Crippen LogP contribution in [-0.4, -0.2) is 118 Å². The van der Waals surface area contributed by atoms with Gasteiger partial charge in [-0.25, -0.2) is 19.2 Å². The zero-order chi connectivity index (χ0) is 44.8. The number of aliphatic carboxylic acids is 1. The molecule has 3 aliphatic carbocycles. The molecule has 58 heavy (non-hydrogen) atoms. The Morgan fingerprint density at radius 2 is 0.845 bits per heavy atom. The van der Waals surface area contributed by atoms with Crippen LogP contribution in [0, 0.1) is 0 Å². The predicted molar refractivity (Wildman–Crippen MR) is 188 cm³/mol. The standard InChI is InChI=1S/C11H10O6.C10H8O6.C8H8O3.C4H6O4.C4H9O.Na/c1-17-11(16)10(15)5-9(14)7-3-2-6(12)4-8(7)13;11-5-1-2-6(7(12)3-5)8(13)4-9(14)10(15)16;1-5(9)7-3-2-6(10)4-8(7)11;1-7-3(5)4(6)8-2;1-4(2,3)5;/h3,5,14H,2,4H2,1H3;2,4,13H,1,3H2,(H,15,16);3H,2,4H2,1H3;1-2H3;1-3H3;/q;;;;-1;+1. The first kappa shape index (κ1) is 56.5. The maximum absolute atomic E-state index is 11.3.